The number of amides is 1. The van der Waals surface area contributed by atoms with Gasteiger partial charge >= 0.3 is 0 Å². The van der Waals surface area contributed by atoms with Crippen molar-refractivity contribution >= 4 is 5.91 Å². The molecule has 1 aliphatic carbocycles. The molecule has 0 bridgehead atoms. The average molecular weight is 247 g/mol. The molecule has 1 aromatic rings. The molecule has 1 aliphatic rings. The van der Waals surface area contributed by atoms with E-state index in [4.69, 9.17) is 5.11 Å². The zero-order chi connectivity index (χ0) is 13.1. The van der Waals surface area contributed by atoms with Gasteiger partial charge in [-0.1, -0.05) is 17.2 Å². The van der Waals surface area contributed by atoms with Crippen LogP contribution in [0.15, 0.2) is 18.2 Å². The van der Waals surface area contributed by atoms with Crippen molar-refractivity contribution in [3.8, 4) is 0 Å². The Hall–Kier alpha value is -1.35. The van der Waals surface area contributed by atoms with Gasteiger partial charge in [-0.15, -0.1) is 0 Å². The summed E-state index contributed by atoms with van der Waals surface area (Å²) in [4.78, 5) is 12.2. The Balaban J connectivity index is 2.05. The van der Waals surface area contributed by atoms with Crippen LogP contribution in [0, 0.1) is 19.8 Å². The van der Waals surface area contributed by atoms with Crippen LogP contribution in [0.4, 0.5) is 0 Å². The fraction of sp³-hybridized carbons (Fsp3) is 0.533. The Morgan fingerprint density at radius 1 is 1.33 bits per heavy atom. The number of aliphatic hydroxyl groups excluding tert-OH is 1. The summed E-state index contributed by atoms with van der Waals surface area (Å²) in [6.07, 6.45) is 2.98. The van der Waals surface area contributed by atoms with E-state index >= 15 is 0 Å². The van der Waals surface area contributed by atoms with E-state index in [9.17, 15) is 4.79 Å². The number of carbonyl (C=O) groups excluding carboxylic acids is 1. The molecule has 1 saturated carbocycles. The number of aliphatic hydroxyl groups is 1. The number of hydrogen-bond acceptors (Lipinski definition) is 2. The van der Waals surface area contributed by atoms with E-state index in [1.807, 2.05) is 26.0 Å². The van der Waals surface area contributed by atoms with Gasteiger partial charge in [0.25, 0.3) is 5.91 Å². The van der Waals surface area contributed by atoms with E-state index < -0.39 is 0 Å². The van der Waals surface area contributed by atoms with E-state index in [2.05, 4.69) is 11.4 Å². The largest absolute Gasteiger partial charge is 0.396 e. The molecular weight excluding hydrogens is 226 g/mol. The van der Waals surface area contributed by atoms with Crippen LogP contribution in [0.1, 0.15) is 40.7 Å². The zero-order valence-electron chi connectivity index (χ0n) is 11.1. The summed E-state index contributed by atoms with van der Waals surface area (Å²) in [5.74, 6) is 0.541. The van der Waals surface area contributed by atoms with Gasteiger partial charge in [-0.3, -0.25) is 4.79 Å². The highest BCUT2D eigenvalue weighted by Gasteiger charge is 2.31. The van der Waals surface area contributed by atoms with Gasteiger partial charge in [0.1, 0.15) is 0 Å². The first-order valence-electron chi connectivity index (χ1n) is 6.60. The minimum Gasteiger partial charge on any atom is -0.396 e. The van der Waals surface area contributed by atoms with Crippen molar-refractivity contribution in [1.29, 1.82) is 0 Å². The smallest absolute Gasteiger partial charge is 0.251 e. The summed E-state index contributed by atoms with van der Waals surface area (Å²) in [5, 5.41) is 12.1. The molecule has 2 N–H and O–H groups in total. The Labute approximate surface area is 108 Å². The van der Waals surface area contributed by atoms with Crippen LogP contribution in [0.2, 0.25) is 0 Å². The molecule has 1 unspecified atom stereocenters. The van der Waals surface area contributed by atoms with Gasteiger partial charge in [0.05, 0.1) is 0 Å². The number of benzene rings is 1. The SMILES string of the molecule is Cc1cc(C)cc(C(=O)NC(CCO)C2CC2)c1. The molecule has 3 heteroatoms. The summed E-state index contributed by atoms with van der Waals surface area (Å²) in [6, 6.07) is 6.00. The lowest BCUT2D eigenvalue weighted by atomic mass is 10.1. The van der Waals surface area contributed by atoms with Crippen molar-refractivity contribution in [2.24, 2.45) is 5.92 Å². The van der Waals surface area contributed by atoms with Crippen LogP contribution < -0.4 is 5.32 Å². The fourth-order valence-electron chi connectivity index (χ4n) is 2.42. The second-order valence-corrected chi connectivity index (χ2v) is 5.31. The predicted octanol–water partition coefficient (Wildman–Crippen LogP) is 2.19. The molecule has 0 aromatic heterocycles. The maximum atomic E-state index is 12.2. The summed E-state index contributed by atoms with van der Waals surface area (Å²) in [5.41, 5.74) is 2.92. The van der Waals surface area contributed by atoms with Crippen LogP contribution in [-0.2, 0) is 0 Å². The van der Waals surface area contributed by atoms with Crippen molar-refractivity contribution in [3.63, 3.8) is 0 Å². The molecule has 1 atom stereocenters. The topological polar surface area (TPSA) is 49.3 Å². The highest BCUT2D eigenvalue weighted by atomic mass is 16.3. The van der Waals surface area contributed by atoms with Crippen LogP contribution in [0.3, 0.4) is 0 Å². The molecule has 98 valence electrons. The third-order valence-electron chi connectivity index (χ3n) is 3.43. The molecule has 0 radical (unpaired) electrons. The van der Waals surface area contributed by atoms with E-state index in [1.54, 1.807) is 0 Å². The molecule has 1 aromatic carbocycles. The van der Waals surface area contributed by atoms with Gasteiger partial charge in [-0.25, -0.2) is 0 Å². The van der Waals surface area contributed by atoms with Gasteiger partial charge in [0, 0.05) is 18.2 Å². The lowest BCUT2D eigenvalue weighted by Crippen LogP contribution is -2.37. The average Bonchev–Trinajstić information content (AvgIpc) is 3.10. The summed E-state index contributed by atoms with van der Waals surface area (Å²) < 4.78 is 0. The first-order valence-corrected chi connectivity index (χ1v) is 6.60. The van der Waals surface area contributed by atoms with Crippen molar-refractivity contribution in [1.82, 2.24) is 5.32 Å². The van der Waals surface area contributed by atoms with Crippen LogP contribution >= 0.6 is 0 Å². The monoisotopic (exact) mass is 247 g/mol. The molecule has 3 nitrogen and oxygen atoms in total. The van der Waals surface area contributed by atoms with Gasteiger partial charge < -0.3 is 10.4 Å². The van der Waals surface area contributed by atoms with Crippen LogP contribution in [-0.4, -0.2) is 23.7 Å². The van der Waals surface area contributed by atoms with E-state index in [-0.39, 0.29) is 18.6 Å². The van der Waals surface area contributed by atoms with Gasteiger partial charge in [0.15, 0.2) is 0 Å². The number of aryl methyl sites for hydroxylation is 2. The second kappa shape index (κ2) is 5.53. The van der Waals surface area contributed by atoms with Crippen molar-refractivity contribution < 1.29 is 9.90 Å². The van der Waals surface area contributed by atoms with Gasteiger partial charge in [-0.2, -0.15) is 0 Å². The van der Waals surface area contributed by atoms with E-state index in [0.717, 1.165) is 29.5 Å². The second-order valence-electron chi connectivity index (χ2n) is 5.31. The fourth-order valence-corrected chi connectivity index (χ4v) is 2.42. The molecule has 2 rings (SSSR count). The Bertz CT molecular complexity index is 418. The Kier molecular flexibility index (Phi) is 4.02. The van der Waals surface area contributed by atoms with E-state index in [1.165, 1.54) is 0 Å². The number of nitrogens with one attached hydrogen (secondary N) is 1. The highest BCUT2D eigenvalue weighted by molar-refractivity contribution is 5.94. The Morgan fingerprint density at radius 3 is 2.44 bits per heavy atom. The quantitative estimate of drug-likeness (QED) is 0.838. The summed E-state index contributed by atoms with van der Waals surface area (Å²) in [7, 11) is 0. The maximum Gasteiger partial charge on any atom is 0.251 e. The number of hydrogen-bond donors (Lipinski definition) is 2. The molecule has 18 heavy (non-hydrogen) atoms. The molecule has 1 amide bonds. The lowest BCUT2D eigenvalue weighted by Gasteiger charge is -2.17. The molecule has 0 heterocycles. The molecule has 0 spiro atoms. The third kappa shape index (κ3) is 3.33. The van der Waals surface area contributed by atoms with Crippen molar-refractivity contribution in [3.05, 3.63) is 34.9 Å². The molecule has 0 saturated heterocycles. The van der Waals surface area contributed by atoms with Gasteiger partial charge in [-0.05, 0) is 51.2 Å². The van der Waals surface area contributed by atoms with Crippen LogP contribution in [0.5, 0.6) is 0 Å². The first-order chi connectivity index (χ1) is 8.60. The zero-order valence-corrected chi connectivity index (χ0v) is 11.1. The third-order valence-corrected chi connectivity index (χ3v) is 3.43. The standard InChI is InChI=1S/C15H21NO2/c1-10-7-11(2)9-13(8-10)15(18)16-14(5-6-17)12-3-4-12/h7-9,12,14,17H,3-6H2,1-2H3,(H,16,18). The molecule has 1 fully saturated rings. The minimum atomic E-state index is -0.0212. The minimum absolute atomic E-state index is 0.0212. The van der Waals surface area contributed by atoms with Crippen LogP contribution in [0.25, 0.3) is 0 Å². The Morgan fingerprint density at radius 2 is 1.94 bits per heavy atom. The number of carbonyl (C=O) groups is 1. The lowest BCUT2D eigenvalue weighted by molar-refractivity contribution is 0.0924. The van der Waals surface area contributed by atoms with Gasteiger partial charge in [0.2, 0.25) is 0 Å². The van der Waals surface area contributed by atoms with Crippen molar-refractivity contribution in [2.45, 2.75) is 39.2 Å². The highest BCUT2D eigenvalue weighted by Crippen LogP contribution is 2.34. The maximum absolute atomic E-state index is 12.2. The first kappa shape index (κ1) is 13.1. The summed E-state index contributed by atoms with van der Waals surface area (Å²) >= 11 is 0. The summed E-state index contributed by atoms with van der Waals surface area (Å²) in [6.45, 7) is 4.13. The normalized spacial score (nSPS) is 16.4. The predicted molar refractivity (Wildman–Crippen MR) is 71.6 cm³/mol. The number of rotatable bonds is 5. The van der Waals surface area contributed by atoms with Crippen molar-refractivity contribution in [2.75, 3.05) is 6.61 Å². The molecular formula is C15H21NO2. The molecule has 0 aliphatic heterocycles. The van der Waals surface area contributed by atoms with E-state index in [0.29, 0.717) is 12.3 Å².